The van der Waals surface area contributed by atoms with Gasteiger partial charge in [0.1, 0.15) is 11.9 Å². The number of aliphatic hydroxyl groups excluding tert-OH is 2. The van der Waals surface area contributed by atoms with Crippen LogP contribution < -0.4 is 0 Å². The number of hydrogen-bond donors (Lipinski definition) is 3. The summed E-state index contributed by atoms with van der Waals surface area (Å²) >= 11 is 5.38. The van der Waals surface area contributed by atoms with Gasteiger partial charge in [0.05, 0.1) is 12.0 Å². The minimum Gasteiger partial charge on any atom is -0.481 e. The van der Waals surface area contributed by atoms with E-state index in [4.69, 9.17) is 16.7 Å². The number of carboxylic acids is 1. The van der Waals surface area contributed by atoms with Gasteiger partial charge in [0, 0.05) is 6.42 Å². The van der Waals surface area contributed by atoms with E-state index in [2.05, 4.69) is 0 Å². The predicted octanol–water partition coefficient (Wildman–Crippen LogP) is 1.48. The van der Waals surface area contributed by atoms with Crippen LogP contribution in [0.25, 0.3) is 0 Å². The summed E-state index contributed by atoms with van der Waals surface area (Å²) in [5.74, 6) is -1.77. The fourth-order valence-electron chi connectivity index (χ4n) is 1.50. The van der Waals surface area contributed by atoms with Crippen molar-refractivity contribution in [2.75, 3.05) is 5.88 Å². The van der Waals surface area contributed by atoms with Gasteiger partial charge in [-0.1, -0.05) is 12.1 Å². The molecule has 100 valence electrons. The van der Waals surface area contributed by atoms with Crippen molar-refractivity contribution in [1.29, 1.82) is 0 Å². The molecule has 1 rings (SSSR count). The molecule has 0 heterocycles. The van der Waals surface area contributed by atoms with Gasteiger partial charge in [0.15, 0.2) is 0 Å². The number of rotatable bonds is 6. The maximum Gasteiger partial charge on any atom is 0.303 e. The lowest BCUT2D eigenvalue weighted by molar-refractivity contribution is -0.136. The number of hydrogen-bond acceptors (Lipinski definition) is 3. The molecule has 4 nitrogen and oxygen atoms in total. The monoisotopic (exact) mass is 276 g/mol. The first-order valence-corrected chi connectivity index (χ1v) is 5.91. The maximum absolute atomic E-state index is 13.6. The van der Waals surface area contributed by atoms with Crippen molar-refractivity contribution in [1.82, 2.24) is 0 Å². The fourth-order valence-corrected chi connectivity index (χ4v) is 1.67. The van der Waals surface area contributed by atoms with Crippen LogP contribution in [0.15, 0.2) is 18.2 Å². The SMILES string of the molecule is O=C(O)CCc1ccc(C(O)C(O)CCl)cc1F. The third-order valence-corrected chi connectivity index (χ3v) is 2.87. The van der Waals surface area contributed by atoms with E-state index in [1.54, 1.807) is 0 Å². The average molecular weight is 277 g/mol. The highest BCUT2D eigenvalue weighted by Crippen LogP contribution is 2.21. The highest BCUT2D eigenvalue weighted by atomic mass is 35.5. The third-order valence-electron chi connectivity index (χ3n) is 2.55. The molecule has 18 heavy (non-hydrogen) atoms. The van der Waals surface area contributed by atoms with Crippen LogP contribution in [0.5, 0.6) is 0 Å². The van der Waals surface area contributed by atoms with Crippen LogP contribution in [0, 0.1) is 5.82 Å². The molecule has 0 aliphatic carbocycles. The molecule has 0 spiro atoms. The Labute approximate surface area is 109 Å². The summed E-state index contributed by atoms with van der Waals surface area (Å²) in [5, 5.41) is 27.5. The van der Waals surface area contributed by atoms with E-state index >= 15 is 0 Å². The van der Waals surface area contributed by atoms with Crippen LogP contribution in [0.3, 0.4) is 0 Å². The first-order chi connectivity index (χ1) is 8.45. The van der Waals surface area contributed by atoms with Crippen molar-refractivity contribution in [2.45, 2.75) is 25.0 Å². The number of aliphatic carboxylic acids is 1. The lowest BCUT2D eigenvalue weighted by Gasteiger charge is -2.16. The summed E-state index contributed by atoms with van der Waals surface area (Å²) in [6.45, 7) is 0. The van der Waals surface area contributed by atoms with Crippen LogP contribution in [0.4, 0.5) is 4.39 Å². The Morgan fingerprint density at radius 3 is 2.56 bits per heavy atom. The summed E-state index contributed by atoms with van der Waals surface area (Å²) < 4.78 is 13.6. The van der Waals surface area contributed by atoms with E-state index < -0.39 is 24.0 Å². The van der Waals surface area contributed by atoms with E-state index in [0.717, 1.165) is 6.07 Å². The second kappa shape index (κ2) is 6.68. The molecule has 3 N–H and O–H groups in total. The number of carboxylic acid groups (broad SMARTS) is 1. The van der Waals surface area contributed by atoms with Gasteiger partial charge in [-0.25, -0.2) is 4.39 Å². The first-order valence-electron chi connectivity index (χ1n) is 5.38. The van der Waals surface area contributed by atoms with Gasteiger partial charge >= 0.3 is 5.97 Å². The van der Waals surface area contributed by atoms with Crippen molar-refractivity contribution in [3.8, 4) is 0 Å². The lowest BCUT2D eigenvalue weighted by Crippen LogP contribution is -2.19. The van der Waals surface area contributed by atoms with Crippen LogP contribution in [-0.4, -0.2) is 33.3 Å². The Kier molecular flexibility index (Phi) is 5.53. The molecule has 0 saturated carbocycles. The molecule has 6 heteroatoms. The van der Waals surface area contributed by atoms with Crippen LogP contribution in [-0.2, 0) is 11.2 Å². The third kappa shape index (κ3) is 3.94. The largest absolute Gasteiger partial charge is 0.481 e. The summed E-state index contributed by atoms with van der Waals surface area (Å²) in [7, 11) is 0. The number of halogens is 2. The molecule has 2 atom stereocenters. The van der Waals surface area contributed by atoms with Gasteiger partial charge in [-0.05, 0) is 23.6 Å². The van der Waals surface area contributed by atoms with Gasteiger partial charge < -0.3 is 15.3 Å². The molecule has 0 saturated heterocycles. The summed E-state index contributed by atoms with van der Waals surface area (Å²) in [4.78, 5) is 10.4. The predicted molar refractivity (Wildman–Crippen MR) is 64.0 cm³/mol. The normalized spacial score (nSPS) is 14.2. The maximum atomic E-state index is 13.6. The summed E-state index contributed by atoms with van der Waals surface area (Å²) in [6.07, 6.45) is -2.51. The Hall–Kier alpha value is -1.17. The number of alkyl halides is 1. The lowest BCUT2D eigenvalue weighted by atomic mass is 10.0. The molecule has 0 aliphatic heterocycles. The molecule has 0 fully saturated rings. The van der Waals surface area contributed by atoms with Crippen molar-refractivity contribution in [2.24, 2.45) is 0 Å². The zero-order chi connectivity index (χ0) is 13.7. The molecule has 1 aromatic rings. The van der Waals surface area contributed by atoms with Crippen molar-refractivity contribution in [3.63, 3.8) is 0 Å². The number of benzene rings is 1. The molecule has 0 radical (unpaired) electrons. The molecular formula is C12H14ClFO4. The summed E-state index contributed by atoms with van der Waals surface area (Å²) in [6, 6.07) is 3.93. The Balaban J connectivity index is 2.81. The number of carbonyl (C=O) groups is 1. The zero-order valence-electron chi connectivity index (χ0n) is 9.51. The minimum atomic E-state index is -1.26. The van der Waals surface area contributed by atoms with Crippen molar-refractivity contribution in [3.05, 3.63) is 35.1 Å². The van der Waals surface area contributed by atoms with Crippen molar-refractivity contribution >= 4 is 17.6 Å². The van der Waals surface area contributed by atoms with E-state index in [0.29, 0.717) is 0 Å². The molecule has 1 aromatic carbocycles. The average Bonchev–Trinajstić information content (AvgIpc) is 2.35. The molecule has 2 unspecified atom stereocenters. The summed E-state index contributed by atoms with van der Waals surface area (Å²) in [5.41, 5.74) is 0.466. The fraction of sp³-hybridized carbons (Fsp3) is 0.417. The van der Waals surface area contributed by atoms with Crippen LogP contribution in [0.1, 0.15) is 23.7 Å². The first kappa shape index (κ1) is 14.9. The Morgan fingerprint density at radius 1 is 1.39 bits per heavy atom. The quantitative estimate of drug-likeness (QED) is 0.688. The molecule has 0 amide bonds. The topological polar surface area (TPSA) is 77.8 Å². The van der Waals surface area contributed by atoms with Gasteiger partial charge in [0.2, 0.25) is 0 Å². The highest BCUT2D eigenvalue weighted by Gasteiger charge is 2.18. The van der Waals surface area contributed by atoms with Gasteiger partial charge in [-0.3, -0.25) is 4.79 Å². The molecular weight excluding hydrogens is 263 g/mol. The molecule has 0 bridgehead atoms. The zero-order valence-corrected chi connectivity index (χ0v) is 10.3. The minimum absolute atomic E-state index is 0.0790. The van der Waals surface area contributed by atoms with Crippen LogP contribution in [0.2, 0.25) is 0 Å². The van der Waals surface area contributed by atoms with Crippen molar-refractivity contribution < 1.29 is 24.5 Å². The smallest absolute Gasteiger partial charge is 0.303 e. The number of aryl methyl sites for hydroxylation is 1. The van der Waals surface area contributed by atoms with E-state index in [-0.39, 0.29) is 29.8 Å². The van der Waals surface area contributed by atoms with E-state index in [9.17, 15) is 19.4 Å². The second-order valence-corrected chi connectivity index (χ2v) is 4.22. The molecule has 0 aliphatic rings. The van der Waals surface area contributed by atoms with E-state index in [1.165, 1.54) is 12.1 Å². The molecule has 0 aromatic heterocycles. The number of aliphatic hydroxyl groups is 2. The Morgan fingerprint density at radius 2 is 2.06 bits per heavy atom. The van der Waals surface area contributed by atoms with E-state index in [1.807, 2.05) is 0 Å². The van der Waals surface area contributed by atoms with Gasteiger partial charge in [0.25, 0.3) is 0 Å². The van der Waals surface area contributed by atoms with Crippen LogP contribution >= 0.6 is 11.6 Å². The van der Waals surface area contributed by atoms with Gasteiger partial charge in [-0.15, -0.1) is 11.6 Å². The standard InChI is InChI=1S/C12H14ClFO4/c13-6-10(15)12(18)8-2-1-7(9(14)5-8)3-4-11(16)17/h1-2,5,10,12,15,18H,3-4,6H2,(H,16,17). The highest BCUT2D eigenvalue weighted by molar-refractivity contribution is 6.18. The second-order valence-electron chi connectivity index (χ2n) is 3.91. The van der Waals surface area contributed by atoms with Gasteiger partial charge in [-0.2, -0.15) is 0 Å². The Bertz CT molecular complexity index is 425.